The van der Waals surface area contributed by atoms with Crippen LogP contribution in [0.25, 0.3) is 0 Å². The number of guanidine groups is 1. The van der Waals surface area contributed by atoms with Crippen LogP contribution in [-0.2, 0) is 13.0 Å². The molecule has 2 N–H and O–H groups in total. The van der Waals surface area contributed by atoms with Gasteiger partial charge in [0.15, 0.2) is 5.96 Å². The van der Waals surface area contributed by atoms with E-state index < -0.39 is 0 Å². The zero-order valence-corrected chi connectivity index (χ0v) is 12.6. The predicted molar refractivity (Wildman–Crippen MR) is 87.3 cm³/mol. The normalized spacial score (nSPS) is 11.3. The van der Waals surface area contributed by atoms with Crippen molar-refractivity contribution in [2.75, 3.05) is 13.1 Å². The summed E-state index contributed by atoms with van der Waals surface area (Å²) in [5.41, 5.74) is 1.22. The lowest BCUT2D eigenvalue weighted by Gasteiger charge is -2.10. The maximum atomic E-state index is 4.60. The van der Waals surface area contributed by atoms with Gasteiger partial charge in [-0.25, -0.2) is 4.99 Å². The minimum atomic E-state index is 0.704. The number of nitrogens with one attached hydrogen (secondary N) is 2. The van der Waals surface area contributed by atoms with Crippen LogP contribution >= 0.6 is 11.3 Å². The molecule has 2 aromatic rings. The van der Waals surface area contributed by atoms with E-state index in [0.717, 1.165) is 25.5 Å². The van der Waals surface area contributed by atoms with Gasteiger partial charge in [0.2, 0.25) is 0 Å². The van der Waals surface area contributed by atoms with Gasteiger partial charge in [-0.2, -0.15) is 0 Å². The highest BCUT2D eigenvalue weighted by Gasteiger charge is 1.98. The lowest BCUT2D eigenvalue weighted by Crippen LogP contribution is -2.38. The van der Waals surface area contributed by atoms with Crippen LogP contribution in [0.15, 0.2) is 52.8 Å². The monoisotopic (exact) mass is 287 g/mol. The third-order valence-electron chi connectivity index (χ3n) is 2.85. The third kappa shape index (κ3) is 5.05. The van der Waals surface area contributed by atoms with Crippen molar-refractivity contribution < 1.29 is 0 Å². The van der Waals surface area contributed by atoms with E-state index in [1.807, 2.05) is 18.2 Å². The second-order valence-electron chi connectivity index (χ2n) is 4.44. The van der Waals surface area contributed by atoms with Gasteiger partial charge in [-0.05, 0) is 30.4 Å². The van der Waals surface area contributed by atoms with Crippen LogP contribution < -0.4 is 10.6 Å². The average Bonchev–Trinajstić information content (AvgIpc) is 2.99. The molecule has 0 aliphatic carbocycles. The number of aliphatic imine (C=N–C) groups is 1. The van der Waals surface area contributed by atoms with Gasteiger partial charge in [0, 0.05) is 18.0 Å². The van der Waals surface area contributed by atoms with Gasteiger partial charge >= 0.3 is 0 Å². The molecule has 1 aromatic carbocycles. The van der Waals surface area contributed by atoms with Crippen LogP contribution in [0, 0.1) is 0 Å². The van der Waals surface area contributed by atoms with Crippen molar-refractivity contribution >= 4 is 17.3 Å². The van der Waals surface area contributed by atoms with E-state index in [2.05, 4.69) is 52.2 Å². The lowest BCUT2D eigenvalue weighted by molar-refractivity contribution is 0.804. The molecule has 1 heterocycles. The van der Waals surface area contributed by atoms with Crippen LogP contribution in [0.2, 0.25) is 0 Å². The Morgan fingerprint density at radius 3 is 2.65 bits per heavy atom. The number of benzene rings is 1. The molecular formula is C16H21N3S. The van der Waals surface area contributed by atoms with Crippen molar-refractivity contribution in [1.29, 1.82) is 0 Å². The first-order chi connectivity index (χ1) is 9.88. The molecule has 1 aromatic heterocycles. The number of nitrogens with zero attached hydrogens (tertiary/aromatic N) is 1. The quantitative estimate of drug-likeness (QED) is 0.633. The van der Waals surface area contributed by atoms with E-state index in [4.69, 9.17) is 0 Å². The van der Waals surface area contributed by atoms with E-state index in [9.17, 15) is 0 Å². The summed E-state index contributed by atoms with van der Waals surface area (Å²) in [5.74, 6) is 0.882. The maximum Gasteiger partial charge on any atom is 0.191 e. The van der Waals surface area contributed by atoms with E-state index in [0.29, 0.717) is 6.54 Å². The summed E-state index contributed by atoms with van der Waals surface area (Å²) in [4.78, 5) is 6.00. The largest absolute Gasteiger partial charge is 0.357 e. The van der Waals surface area contributed by atoms with Crippen LogP contribution in [0.5, 0.6) is 0 Å². The molecule has 0 fully saturated rings. The van der Waals surface area contributed by atoms with E-state index >= 15 is 0 Å². The van der Waals surface area contributed by atoms with Crippen molar-refractivity contribution in [1.82, 2.24) is 10.6 Å². The second-order valence-corrected chi connectivity index (χ2v) is 5.47. The molecule has 0 unspecified atom stereocenters. The summed E-state index contributed by atoms with van der Waals surface area (Å²) in [6, 6.07) is 14.6. The molecule has 20 heavy (non-hydrogen) atoms. The standard InChI is InChI=1S/C16H21N3S/c1-2-17-16(18-11-10-15-9-6-12-20-15)19-13-14-7-4-3-5-8-14/h3-9,12H,2,10-11,13H2,1H3,(H2,17,18,19). The first-order valence-electron chi connectivity index (χ1n) is 6.97. The Balaban J connectivity index is 1.82. The Bertz CT molecular complexity index is 506. The van der Waals surface area contributed by atoms with Gasteiger partial charge < -0.3 is 10.6 Å². The molecule has 0 saturated heterocycles. The van der Waals surface area contributed by atoms with Crippen LogP contribution in [0.3, 0.4) is 0 Å². The molecule has 0 saturated carbocycles. The maximum absolute atomic E-state index is 4.60. The number of thiophene rings is 1. The van der Waals surface area contributed by atoms with Crippen molar-refractivity contribution in [2.24, 2.45) is 4.99 Å². The first-order valence-corrected chi connectivity index (χ1v) is 7.85. The smallest absolute Gasteiger partial charge is 0.191 e. The summed E-state index contributed by atoms with van der Waals surface area (Å²) in [6.45, 7) is 4.56. The molecular weight excluding hydrogens is 266 g/mol. The lowest BCUT2D eigenvalue weighted by atomic mass is 10.2. The second kappa shape index (κ2) is 8.38. The highest BCUT2D eigenvalue weighted by atomic mass is 32.1. The zero-order chi connectivity index (χ0) is 14.0. The van der Waals surface area contributed by atoms with Gasteiger partial charge in [0.25, 0.3) is 0 Å². The molecule has 106 valence electrons. The van der Waals surface area contributed by atoms with Crippen molar-refractivity contribution in [2.45, 2.75) is 19.9 Å². The van der Waals surface area contributed by atoms with Gasteiger partial charge in [-0.15, -0.1) is 11.3 Å². The van der Waals surface area contributed by atoms with Crippen molar-refractivity contribution in [3.05, 3.63) is 58.3 Å². The van der Waals surface area contributed by atoms with Gasteiger partial charge in [0.1, 0.15) is 0 Å². The van der Waals surface area contributed by atoms with Gasteiger partial charge in [0.05, 0.1) is 6.54 Å². The van der Waals surface area contributed by atoms with Gasteiger partial charge in [-0.1, -0.05) is 36.4 Å². The fourth-order valence-electron chi connectivity index (χ4n) is 1.85. The third-order valence-corrected chi connectivity index (χ3v) is 3.79. The van der Waals surface area contributed by atoms with Crippen LogP contribution in [0.4, 0.5) is 0 Å². The fraction of sp³-hybridized carbons (Fsp3) is 0.312. The van der Waals surface area contributed by atoms with E-state index in [1.165, 1.54) is 10.4 Å². The molecule has 0 aliphatic rings. The van der Waals surface area contributed by atoms with Crippen molar-refractivity contribution in [3.63, 3.8) is 0 Å². The van der Waals surface area contributed by atoms with Crippen molar-refractivity contribution in [3.8, 4) is 0 Å². The molecule has 3 nitrogen and oxygen atoms in total. The molecule has 0 spiro atoms. The summed E-state index contributed by atoms with van der Waals surface area (Å²) in [5, 5.41) is 8.77. The fourth-order valence-corrected chi connectivity index (χ4v) is 2.56. The molecule has 0 radical (unpaired) electrons. The summed E-state index contributed by atoms with van der Waals surface area (Å²) < 4.78 is 0. The first kappa shape index (κ1) is 14.6. The van der Waals surface area contributed by atoms with E-state index in [-0.39, 0.29) is 0 Å². The Morgan fingerprint density at radius 1 is 1.10 bits per heavy atom. The Morgan fingerprint density at radius 2 is 1.95 bits per heavy atom. The Labute approximate surface area is 124 Å². The van der Waals surface area contributed by atoms with E-state index in [1.54, 1.807) is 11.3 Å². The Kier molecular flexibility index (Phi) is 6.11. The summed E-state index contributed by atoms with van der Waals surface area (Å²) in [7, 11) is 0. The predicted octanol–water partition coefficient (Wildman–Crippen LogP) is 3.05. The minimum Gasteiger partial charge on any atom is -0.357 e. The number of rotatable bonds is 6. The SMILES string of the molecule is CCNC(=NCc1ccccc1)NCCc1cccs1. The zero-order valence-electron chi connectivity index (χ0n) is 11.8. The Hall–Kier alpha value is -1.81. The molecule has 0 aliphatic heterocycles. The summed E-state index contributed by atoms with van der Waals surface area (Å²) in [6.07, 6.45) is 1.04. The number of hydrogen-bond acceptors (Lipinski definition) is 2. The molecule has 0 bridgehead atoms. The molecule has 0 atom stereocenters. The average molecular weight is 287 g/mol. The molecule has 0 amide bonds. The molecule has 2 rings (SSSR count). The summed E-state index contributed by atoms with van der Waals surface area (Å²) >= 11 is 1.80. The van der Waals surface area contributed by atoms with Crippen LogP contribution in [-0.4, -0.2) is 19.0 Å². The topological polar surface area (TPSA) is 36.4 Å². The van der Waals surface area contributed by atoms with Gasteiger partial charge in [-0.3, -0.25) is 0 Å². The minimum absolute atomic E-state index is 0.704. The highest BCUT2D eigenvalue weighted by molar-refractivity contribution is 7.09. The number of hydrogen-bond donors (Lipinski definition) is 2. The highest BCUT2D eigenvalue weighted by Crippen LogP contribution is 2.08. The van der Waals surface area contributed by atoms with Crippen LogP contribution in [0.1, 0.15) is 17.4 Å². The molecule has 4 heteroatoms.